The number of hydrogen-bond acceptors (Lipinski definition) is 6. The number of hydrogen-bond donors (Lipinski definition) is 1. The highest BCUT2D eigenvalue weighted by Crippen LogP contribution is 2.57. The molecule has 44 heavy (non-hydrogen) atoms. The van der Waals surface area contributed by atoms with E-state index >= 15 is 0 Å². The van der Waals surface area contributed by atoms with Gasteiger partial charge in [0.05, 0.1) is 12.1 Å². The summed E-state index contributed by atoms with van der Waals surface area (Å²) in [5, 5.41) is 17.3. The average Bonchev–Trinajstić information content (AvgIpc) is 3.58. The predicted octanol–water partition coefficient (Wildman–Crippen LogP) is 6.66. The van der Waals surface area contributed by atoms with Crippen molar-refractivity contribution >= 4 is 51.9 Å². The second-order valence-electron chi connectivity index (χ2n) is 11.7. The molecular formula is C34H30ClIN6OS. The van der Waals surface area contributed by atoms with Crippen LogP contribution >= 0.6 is 46.0 Å². The Morgan fingerprint density at radius 1 is 0.909 bits per heavy atom. The molecule has 0 spiro atoms. The third-order valence-corrected chi connectivity index (χ3v) is 11.1. The van der Waals surface area contributed by atoms with Crippen LogP contribution in [0.25, 0.3) is 0 Å². The molecule has 0 saturated carbocycles. The number of β-lactam (4-membered cyclic amide) rings is 1. The molecule has 0 radical (unpaired) electrons. The number of amides is 1. The molecule has 3 unspecified atom stereocenters. The second-order valence-corrected chi connectivity index (χ2v) is 15.1. The quantitative estimate of drug-likeness (QED) is 0.109. The lowest BCUT2D eigenvalue weighted by Crippen LogP contribution is -2.70. The molecular weight excluding hydrogens is 703 g/mol. The molecule has 5 aromatic rings. The Morgan fingerprint density at radius 3 is 2.18 bits per heavy atom. The van der Waals surface area contributed by atoms with Crippen molar-refractivity contribution < 1.29 is 4.79 Å². The van der Waals surface area contributed by atoms with Crippen LogP contribution in [0.3, 0.4) is 0 Å². The zero-order valence-electron chi connectivity index (χ0n) is 24.1. The van der Waals surface area contributed by atoms with Gasteiger partial charge in [-0.1, -0.05) is 96.5 Å². The molecule has 2 aliphatic rings. The molecule has 2 fully saturated rings. The first-order valence-electron chi connectivity index (χ1n) is 14.4. The fourth-order valence-corrected chi connectivity index (χ4v) is 8.71. The summed E-state index contributed by atoms with van der Waals surface area (Å²) in [5.41, 5.74) is 3.30. The van der Waals surface area contributed by atoms with E-state index in [1.165, 1.54) is 3.57 Å². The Balaban J connectivity index is 1.27. The number of thioether (sulfide) groups is 1. The van der Waals surface area contributed by atoms with Crippen molar-refractivity contribution in [3.63, 3.8) is 0 Å². The van der Waals surface area contributed by atoms with Gasteiger partial charge in [0.15, 0.2) is 5.82 Å². The van der Waals surface area contributed by atoms with Gasteiger partial charge < -0.3 is 4.90 Å². The van der Waals surface area contributed by atoms with Crippen LogP contribution in [0.4, 0.5) is 0 Å². The van der Waals surface area contributed by atoms with E-state index in [0.717, 1.165) is 22.3 Å². The van der Waals surface area contributed by atoms with Gasteiger partial charge in [0.2, 0.25) is 5.91 Å². The Hall–Kier alpha value is -3.25. The summed E-state index contributed by atoms with van der Waals surface area (Å²) < 4.78 is 2.67. The highest BCUT2D eigenvalue weighted by molar-refractivity contribution is 14.1. The zero-order valence-corrected chi connectivity index (χ0v) is 27.9. The van der Waals surface area contributed by atoms with Crippen LogP contribution < -0.4 is 5.32 Å². The predicted molar refractivity (Wildman–Crippen MR) is 182 cm³/mol. The minimum Gasteiger partial charge on any atom is -0.315 e. The van der Waals surface area contributed by atoms with E-state index in [1.54, 1.807) is 11.8 Å². The van der Waals surface area contributed by atoms with Crippen LogP contribution in [0.2, 0.25) is 5.02 Å². The third kappa shape index (κ3) is 5.03. The molecule has 3 heterocycles. The lowest BCUT2D eigenvalue weighted by molar-refractivity contribution is -0.150. The third-order valence-electron chi connectivity index (χ3n) is 8.53. The van der Waals surface area contributed by atoms with Crippen LogP contribution in [0.1, 0.15) is 48.0 Å². The highest BCUT2D eigenvalue weighted by Gasteiger charge is 2.64. The normalized spacial score (nSPS) is 20.8. The summed E-state index contributed by atoms with van der Waals surface area (Å²) >= 11 is 10.7. The van der Waals surface area contributed by atoms with E-state index in [1.807, 2.05) is 64.2 Å². The van der Waals surface area contributed by atoms with Crippen LogP contribution in [0, 0.1) is 3.57 Å². The lowest BCUT2D eigenvalue weighted by Gasteiger charge is -2.49. The number of aromatic nitrogens is 4. The number of rotatable bonds is 8. The van der Waals surface area contributed by atoms with Crippen molar-refractivity contribution in [1.29, 1.82) is 0 Å². The van der Waals surface area contributed by atoms with Gasteiger partial charge in [0, 0.05) is 13.3 Å². The molecule has 0 aliphatic carbocycles. The monoisotopic (exact) mass is 732 g/mol. The van der Waals surface area contributed by atoms with Crippen molar-refractivity contribution in [2.75, 3.05) is 0 Å². The topological polar surface area (TPSA) is 75.9 Å². The van der Waals surface area contributed by atoms with E-state index in [2.05, 4.69) is 112 Å². The molecule has 10 heteroatoms. The average molecular weight is 733 g/mol. The largest absolute Gasteiger partial charge is 0.315 e. The van der Waals surface area contributed by atoms with Gasteiger partial charge in [0.1, 0.15) is 17.5 Å². The summed E-state index contributed by atoms with van der Waals surface area (Å²) in [5.74, 6) is 0.725. The maximum absolute atomic E-state index is 14.3. The Bertz CT molecular complexity index is 1760. The summed E-state index contributed by atoms with van der Waals surface area (Å²) in [4.78, 5) is 16.3. The van der Waals surface area contributed by atoms with Crippen molar-refractivity contribution in [3.05, 3.63) is 146 Å². The van der Waals surface area contributed by atoms with Crippen molar-refractivity contribution in [1.82, 2.24) is 30.4 Å². The number of nitrogens with zero attached hydrogens (tertiary/aromatic N) is 5. The highest BCUT2D eigenvalue weighted by atomic mass is 127. The van der Waals surface area contributed by atoms with E-state index in [-0.39, 0.29) is 22.1 Å². The zero-order chi connectivity index (χ0) is 30.5. The van der Waals surface area contributed by atoms with Gasteiger partial charge in [0.25, 0.3) is 0 Å². The van der Waals surface area contributed by atoms with Gasteiger partial charge >= 0.3 is 0 Å². The van der Waals surface area contributed by atoms with Crippen molar-refractivity contribution in [2.45, 2.75) is 48.1 Å². The van der Waals surface area contributed by atoms with Gasteiger partial charge in [-0.25, -0.2) is 4.68 Å². The number of tetrazole rings is 1. The Morgan fingerprint density at radius 2 is 1.55 bits per heavy atom. The van der Waals surface area contributed by atoms with E-state index in [0.29, 0.717) is 17.4 Å². The first-order valence-corrected chi connectivity index (χ1v) is 16.8. The number of benzene rings is 4. The first kappa shape index (κ1) is 29.5. The van der Waals surface area contributed by atoms with Crippen LogP contribution in [-0.2, 0) is 16.9 Å². The molecule has 7 rings (SSSR count). The van der Waals surface area contributed by atoms with Crippen molar-refractivity contribution in [2.24, 2.45) is 0 Å². The molecule has 0 bridgehead atoms. The van der Waals surface area contributed by atoms with Gasteiger partial charge in [-0.3, -0.25) is 10.1 Å². The Labute approximate surface area is 279 Å². The first-order chi connectivity index (χ1) is 21.3. The molecule has 4 aromatic carbocycles. The maximum Gasteiger partial charge on any atom is 0.244 e. The van der Waals surface area contributed by atoms with Gasteiger partial charge in [-0.2, -0.15) is 0 Å². The SMILES string of the molecule is CC1(C)SC2C(NC(c3ccccc3)(c3ccccc3)c3cccc(Cl)c3)C(=O)N2C1c1nnnn1Cc1ccc(I)cc1. The number of nitrogens with one attached hydrogen (secondary N) is 1. The minimum absolute atomic E-state index is 0.0279. The molecule has 1 amide bonds. The standard InChI is InChI=1S/C34H30ClIN6OS/c1-33(2)29(30-38-39-40-41(30)21-22-16-18-27(36)19-17-22)42-31(43)28(32(42)44-33)37-34(23-10-5-3-6-11-23,24-12-7-4-8-13-24)25-14-9-15-26(35)20-25/h3-20,28-29,32,37H,21H2,1-2H3. The maximum atomic E-state index is 14.3. The number of fused-ring (bicyclic) bond motifs is 1. The summed E-state index contributed by atoms with van der Waals surface area (Å²) in [6.07, 6.45) is 0. The number of halogens is 2. The molecule has 2 saturated heterocycles. The fraction of sp³-hybridized carbons (Fsp3) is 0.235. The molecule has 1 N–H and O–H groups in total. The summed E-state index contributed by atoms with van der Waals surface area (Å²) in [6.45, 7) is 4.88. The summed E-state index contributed by atoms with van der Waals surface area (Å²) in [6, 6.07) is 36.1. The molecule has 1 aromatic heterocycles. The van der Waals surface area contributed by atoms with Gasteiger partial charge in [-0.15, -0.1) is 16.9 Å². The molecule has 3 atom stereocenters. The molecule has 2 aliphatic heterocycles. The lowest BCUT2D eigenvalue weighted by atomic mass is 9.76. The molecule has 222 valence electrons. The second kappa shape index (κ2) is 11.6. The van der Waals surface area contributed by atoms with Crippen LogP contribution in [0.15, 0.2) is 109 Å². The van der Waals surface area contributed by atoms with Gasteiger partial charge in [-0.05, 0) is 93.4 Å². The number of carbonyl (C=O) groups excluding carboxylic acids is 1. The van der Waals surface area contributed by atoms with E-state index in [9.17, 15) is 4.79 Å². The Kier molecular flexibility index (Phi) is 7.76. The summed E-state index contributed by atoms with van der Waals surface area (Å²) in [7, 11) is 0. The smallest absolute Gasteiger partial charge is 0.244 e. The van der Waals surface area contributed by atoms with E-state index in [4.69, 9.17) is 11.6 Å². The minimum atomic E-state index is -0.824. The van der Waals surface area contributed by atoms with E-state index < -0.39 is 11.6 Å². The molecule has 7 nitrogen and oxygen atoms in total. The fourth-order valence-electron chi connectivity index (χ4n) is 6.53. The van der Waals surface area contributed by atoms with Crippen LogP contribution in [0.5, 0.6) is 0 Å². The number of carbonyl (C=O) groups is 1. The van der Waals surface area contributed by atoms with Crippen LogP contribution in [-0.4, -0.2) is 47.2 Å². The van der Waals surface area contributed by atoms with Crippen molar-refractivity contribution in [3.8, 4) is 0 Å².